The van der Waals surface area contributed by atoms with Gasteiger partial charge in [0.2, 0.25) is 5.91 Å². The Morgan fingerprint density at radius 3 is 2.48 bits per heavy atom. The molecule has 5 nitrogen and oxygen atoms in total. The summed E-state index contributed by atoms with van der Waals surface area (Å²) < 4.78 is 0. The molecule has 4 N–H and O–H groups in total. The third kappa shape index (κ3) is 3.87. The minimum absolute atomic E-state index is 0.00723. The summed E-state index contributed by atoms with van der Waals surface area (Å²) in [6, 6.07) is 14.0. The van der Waals surface area contributed by atoms with E-state index in [1.807, 2.05) is 42.5 Å². The van der Waals surface area contributed by atoms with Crippen LogP contribution in [0.1, 0.15) is 12.8 Å². The van der Waals surface area contributed by atoms with Gasteiger partial charge in [-0.2, -0.15) is 0 Å². The summed E-state index contributed by atoms with van der Waals surface area (Å²) in [4.78, 5) is 24.6. The van der Waals surface area contributed by atoms with Gasteiger partial charge in [0.1, 0.15) is 0 Å². The predicted molar refractivity (Wildman–Crippen MR) is 90.1 cm³/mol. The maximum atomic E-state index is 12.2. The Balaban J connectivity index is 1.55. The second-order valence-electron chi connectivity index (χ2n) is 6.21. The summed E-state index contributed by atoms with van der Waals surface area (Å²) in [6.07, 6.45) is 1.54. The summed E-state index contributed by atoms with van der Waals surface area (Å²) >= 11 is 0. The van der Waals surface area contributed by atoms with E-state index in [1.54, 1.807) is 0 Å². The molecule has 5 heteroatoms. The van der Waals surface area contributed by atoms with Crippen molar-refractivity contribution in [1.29, 1.82) is 0 Å². The summed E-state index contributed by atoms with van der Waals surface area (Å²) in [5.74, 6) is -0.236. The average Bonchev–Trinajstić information content (AvgIpc) is 2.55. The van der Waals surface area contributed by atoms with Gasteiger partial charge >= 0.3 is 0 Å². The van der Waals surface area contributed by atoms with Gasteiger partial charge < -0.3 is 16.0 Å². The van der Waals surface area contributed by atoms with Crippen LogP contribution in [0.5, 0.6) is 0 Å². The van der Waals surface area contributed by atoms with E-state index in [0.29, 0.717) is 6.54 Å². The number of nitrogens with one attached hydrogen (secondary N) is 2. The molecular weight excluding hydrogens is 290 g/mol. The zero-order valence-electron chi connectivity index (χ0n) is 13.0. The van der Waals surface area contributed by atoms with Gasteiger partial charge in [-0.05, 0) is 22.9 Å². The standard InChI is InChI=1S/C18H21N3O2/c19-18(23)14-7-9-21(10-8-14)12-17(22)20-16-6-5-13-3-1-2-4-15(13)11-16/h1-6,11,14H,7-10,12H2,(H2,19,23)(H,20,22)/p+1. The lowest BCUT2D eigenvalue weighted by Gasteiger charge is -2.27. The molecule has 1 saturated heterocycles. The minimum atomic E-state index is -0.218. The van der Waals surface area contributed by atoms with Gasteiger partial charge in [0, 0.05) is 24.4 Å². The number of anilines is 1. The summed E-state index contributed by atoms with van der Waals surface area (Å²) in [5, 5.41) is 5.23. The molecule has 0 spiro atoms. The molecule has 23 heavy (non-hydrogen) atoms. The fraction of sp³-hybridized carbons (Fsp3) is 0.333. The zero-order valence-corrected chi connectivity index (χ0v) is 13.0. The molecule has 0 aliphatic carbocycles. The molecule has 2 aromatic carbocycles. The van der Waals surface area contributed by atoms with Crippen molar-refractivity contribution in [3.8, 4) is 0 Å². The van der Waals surface area contributed by atoms with Crippen molar-refractivity contribution in [3.05, 3.63) is 42.5 Å². The molecule has 0 radical (unpaired) electrons. The highest BCUT2D eigenvalue weighted by atomic mass is 16.2. The van der Waals surface area contributed by atoms with Crippen LogP contribution in [0, 0.1) is 5.92 Å². The van der Waals surface area contributed by atoms with E-state index in [2.05, 4.69) is 5.32 Å². The van der Waals surface area contributed by atoms with Crippen LogP contribution in [0.15, 0.2) is 42.5 Å². The molecule has 1 aliphatic rings. The maximum Gasteiger partial charge on any atom is 0.279 e. The number of amides is 2. The van der Waals surface area contributed by atoms with Crippen molar-refractivity contribution in [2.24, 2.45) is 11.7 Å². The van der Waals surface area contributed by atoms with Crippen molar-refractivity contribution < 1.29 is 14.5 Å². The van der Waals surface area contributed by atoms with Gasteiger partial charge in [-0.1, -0.05) is 30.3 Å². The first-order valence-corrected chi connectivity index (χ1v) is 8.03. The van der Waals surface area contributed by atoms with E-state index in [0.717, 1.165) is 42.4 Å². The number of hydrogen-bond donors (Lipinski definition) is 3. The Bertz CT molecular complexity index is 721. The Labute approximate surface area is 135 Å². The van der Waals surface area contributed by atoms with E-state index in [1.165, 1.54) is 4.90 Å². The predicted octanol–water partition coefficient (Wildman–Crippen LogP) is 0.559. The van der Waals surface area contributed by atoms with Crippen molar-refractivity contribution in [2.75, 3.05) is 25.0 Å². The molecule has 0 bridgehead atoms. The van der Waals surface area contributed by atoms with Gasteiger partial charge in [0.15, 0.2) is 6.54 Å². The molecule has 2 aromatic rings. The molecule has 0 aromatic heterocycles. The second kappa shape index (κ2) is 6.79. The molecule has 1 heterocycles. The number of hydrogen-bond acceptors (Lipinski definition) is 2. The Morgan fingerprint density at radius 1 is 1.09 bits per heavy atom. The Morgan fingerprint density at radius 2 is 1.78 bits per heavy atom. The van der Waals surface area contributed by atoms with Crippen LogP contribution in [-0.4, -0.2) is 31.4 Å². The Kier molecular flexibility index (Phi) is 4.57. The van der Waals surface area contributed by atoms with E-state index in [4.69, 9.17) is 5.73 Å². The number of carbonyl (C=O) groups is 2. The number of fused-ring (bicyclic) bond motifs is 1. The van der Waals surface area contributed by atoms with Crippen molar-refractivity contribution >= 4 is 28.3 Å². The first-order chi connectivity index (χ1) is 11.1. The van der Waals surface area contributed by atoms with Crippen LogP contribution in [0.2, 0.25) is 0 Å². The van der Waals surface area contributed by atoms with Crippen LogP contribution in [0.25, 0.3) is 10.8 Å². The summed E-state index contributed by atoms with van der Waals surface area (Å²) in [7, 11) is 0. The average molecular weight is 312 g/mol. The van der Waals surface area contributed by atoms with Crippen LogP contribution in [-0.2, 0) is 9.59 Å². The SMILES string of the molecule is NC(=O)C1CC[NH+](CC(=O)Nc2ccc3ccccc3c2)CC1. The summed E-state index contributed by atoms with van der Waals surface area (Å²) in [5.41, 5.74) is 6.15. The largest absolute Gasteiger partial charge is 0.369 e. The number of benzene rings is 2. The number of primary amides is 1. The van der Waals surface area contributed by atoms with Crippen molar-refractivity contribution in [3.63, 3.8) is 0 Å². The lowest BCUT2D eigenvalue weighted by Crippen LogP contribution is -3.14. The molecule has 2 amide bonds. The van der Waals surface area contributed by atoms with Gasteiger partial charge in [-0.15, -0.1) is 0 Å². The molecule has 120 valence electrons. The zero-order chi connectivity index (χ0) is 16.2. The summed E-state index contributed by atoms with van der Waals surface area (Å²) in [6.45, 7) is 2.07. The number of likely N-dealkylation sites (tertiary alicyclic amines) is 1. The number of piperidine rings is 1. The number of carbonyl (C=O) groups excluding carboxylic acids is 2. The molecule has 0 atom stereocenters. The minimum Gasteiger partial charge on any atom is -0.369 e. The highest BCUT2D eigenvalue weighted by molar-refractivity contribution is 5.94. The fourth-order valence-corrected chi connectivity index (χ4v) is 3.19. The molecule has 0 saturated carbocycles. The highest BCUT2D eigenvalue weighted by Gasteiger charge is 2.26. The third-order valence-electron chi connectivity index (χ3n) is 4.54. The highest BCUT2D eigenvalue weighted by Crippen LogP contribution is 2.18. The molecular formula is C18H22N3O2+. The van der Waals surface area contributed by atoms with Gasteiger partial charge in [-0.3, -0.25) is 9.59 Å². The lowest BCUT2D eigenvalue weighted by molar-refractivity contribution is -0.897. The first kappa shape index (κ1) is 15.5. The number of rotatable bonds is 4. The lowest BCUT2D eigenvalue weighted by atomic mass is 9.96. The number of quaternary nitrogens is 1. The van der Waals surface area contributed by atoms with Gasteiger partial charge in [0.05, 0.1) is 13.1 Å². The topological polar surface area (TPSA) is 76.6 Å². The van der Waals surface area contributed by atoms with Gasteiger partial charge in [0.25, 0.3) is 5.91 Å². The van der Waals surface area contributed by atoms with E-state index < -0.39 is 0 Å². The van der Waals surface area contributed by atoms with Crippen molar-refractivity contribution in [2.45, 2.75) is 12.8 Å². The van der Waals surface area contributed by atoms with Crippen LogP contribution < -0.4 is 16.0 Å². The van der Waals surface area contributed by atoms with Gasteiger partial charge in [-0.25, -0.2) is 0 Å². The van der Waals surface area contributed by atoms with E-state index >= 15 is 0 Å². The first-order valence-electron chi connectivity index (χ1n) is 8.03. The Hall–Kier alpha value is -2.40. The fourth-order valence-electron chi connectivity index (χ4n) is 3.19. The van der Waals surface area contributed by atoms with Crippen LogP contribution >= 0.6 is 0 Å². The van der Waals surface area contributed by atoms with E-state index in [-0.39, 0.29) is 17.7 Å². The van der Waals surface area contributed by atoms with Crippen LogP contribution in [0.3, 0.4) is 0 Å². The number of nitrogens with two attached hydrogens (primary N) is 1. The smallest absolute Gasteiger partial charge is 0.279 e. The monoisotopic (exact) mass is 312 g/mol. The quantitative estimate of drug-likeness (QED) is 0.771. The van der Waals surface area contributed by atoms with E-state index in [9.17, 15) is 9.59 Å². The second-order valence-corrected chi connectivity index (χ2v) is 6.21. The molecule has 3 rings (SSSR count). The van der Waals surface area contributed by atoms with Crippen molar-refractivity contribution in [1.82, 2.24) is 0 Å². The normalized spacial score (nSPS) is 21.0. The molecule has 1 fully saturated rings. The maximum absolute atomic E-state index is 12.2. The third-order valence-corrected chi connectivity index (χ3v) is 4.54. The van der Waals surface area contributed by atoms with Crippen LogP contribution in [0.4, 0.5) is 5.69 Å². The molecule has 0 unspecified atom stereocenters. The molecule has 1 aliphatic heterocycles.